The molecule has 0 aromatic carbocycles. The predicted octanol–water partition coefficient (Wildman–Crippen LogP) is 1.32. The number of carbonyl (C=O) groups is 4. The van der Waals surface area contributed by atoms with Crippen molar-refractivity contribution in [2.75, 3.05) is 22.5 Å². The molecule has 3 heterocycles. The molecule has 3 aromatic rings. The molecule has 39 heavy (non-hydrogen) atoms. The number of aromatic nitrogens is 5. The second-order valence-electron chi connectivity index (χ2n) is 8.10. The van der Waals surface area contributed by atoms with Crippen LogP contribution in [0.2, 0.25) is 0 Å². The lowest BCUT2D eigenvalue weighted by molar-refractivity contribution is -0.112. The summed E-state index contributed by atoms with van der Waals surface area (Å²) in [6, 6.07) is 4.28. The number of hydrogen-bond donors (Lipinski definition) is 6. The second-order valence-corrected chi connectivity index (χ2v) is 9.06. The minimum absolute atomic E-state index is 0. The molecule has 0 aliphatic heterocycles. The Morgan fingerprint density at radius 2 is 1.46 bits per heavy atom. The predicted molar refractivity (Wildman–Crippen MR) is 151 cm³/mol. The van der Waals surface area contributed by atoms with Crippen molar-refractivity contribution in [3.63, 3.8) is 0 Å². The molecule has 0 unspecified atom stereocenters. The third-order valence-corrected chi connectivity index (χ3v) is 5.49. The van der Waals surface area contributed by atoms with Crippen molar-refractivity contribution >= 4 is 75.1 Å². The van der Waals surface area contributed by atoms with E-state index in [-0.39, 0.29) is 64.4 Å². The van der Waals surface area contributed by atoms with E-state index in [4.69, 9.17) is 11.1 Å². The van der Waals surface area contributed by atoms with Crippen LogP contribution in [0.1, 0.15) is 37.9 Å². The second kappa shape index (κ2) is 12.9. The van der Waals surface area contributed by atoms with Crippen molar-refractivity contribution in [1.29, 1.82) is 5.41 Å². The van der Waals surface area contributed by atoms with Gasteiger partial charge < -0.3 is 31.6 Å². The number of amides is 4. The summed E-state index contributed by atoms with van der Waals surface area (Å²) >= 11 is 2.97. The molecule has 0 atom stereocenters. The Hall–Kier alpha value is -4.44. The number of nitrogens with zero attached hydrogens (tertiary/aromatic N) is 5. The molecule has 3 rings (SSSR count). The Morgan fingerprint density at radius 3 is 2.03 bits per heavy atom. The zero-order chi connectivity index (χ0) is 28.1. The molecule has 3 aromatic heterocycles. The van der Waals surface area contributed by atoms with Gasteiger partial charge in [0.15, 0.2) is 11.6 Å². The average Bonchev–Trinajstić information content (AvgIpc) is 3.49. The molecule has 4 amide bonds. The fourth-order valence-electron chi connectivity index (χ4n) is 3.30. The molecule has 0 aliphatic carbocycles. The van der Waals surface area contributed by atoms with Crippen LogP contribution >= 0.6 is 28.3 Å². The molecule has 0 radical (unpaired) electrons. The van der Waals surface area contributed by atoms with Gasteiger partial charge in [-0.15, -0.1) is 12.4 Å². The van der Waals surface area contributed by atoms with E-state index in [1.54, 1.807) is 27.3 Å². The standard InChI is InChI=1S/C22H26BrN11O4.ClH/c1-11(23)19(35)28-17-9-15(34(4)30-17)22(38)27-12-7-13(32(2)10-12)21(37)29-18-8-14(33(3)31-18)20(36)26-6-5-16(24)25;/h7-10H,1,5-6H2,2-4H3,(H3,24,25)(H,26,36)(H,27,38)(H,28,30,35)(H,29,31,37);1H. The molecule has 0 saturated heterocycles. The van der Waals surface area contributed by atoms with Crippen LogP contribution in [0.15, 0.2) is 35.5 Å². The van der Waals surface area contributed by atoms with Crippen LogP contribution in [0.25, 0.3) is 0 Å². The van der Waals surface area contributed by atoms with E-state index in [9.17, 15) is 19.2 Å². The zero-order valence-corrected chi connectivity index (χ0v) is 23.6. The van der Waals surface area contributed by atoms with Crippen molar-refractivity contribution < 1.29 is 19.2 Å². The van der Waals surface area contributed by atoms with Crippen LogP contribution in [-0.2, 0) is 25.9 Å². The summed E-state index contributed by atoms with van der Waals surface area (Å²) < 4.78 is 4.24. The summed E-state index contributed by atoms with van der Waals surface area (Å²) in [5.41, 5.74) is 6.21. The molecular formula is C22H27BrClN11O4. The molecular weight excluding hydrogens is 598 g/mol. The Kier molecular flexibility index (Phi) is 10.2. The first-order chi connectivity index (χ1) is 17.8. The lowest BCUT2D eigenvalue weighted by atomic mass is 10.3. The number of aryl methyl sites for hydroxylation is 3. The van der Waals surface area contributed by atoms with Gasteiger partial charge in [0.2, 0.25) is 0 Å². The van der Waals surface area contributed by atoms with Gasteiger partial charge in [0.05, 0.1) is 16.0 Å². The van der Waals surface area contributed by atoms with E-state index in [1.165, 1.54) is 32.1 Å². The van der Waals surface area contributed by atoms with Crippen LogP contribution in [0.3, 0.4) is 0 Å². The van der Waals surface area contributed by atoms with Gasteiger partial charge in [-0.2, -0.15) is 10.2 Å². The maximum absolute atomic E-state index is 12.9. The lowest BCUT2D eigenvalue weighted by Gasteiger charge is -2.03. The molecule has 208 valence electrons. The summed E-state index contributed by atoms with van der Waals surface area (Å²) in [4.78, 5) is 49.7. The first-order valence-corrected chi connectivity index (χ1v) is 11.8. The first-order valence-electron chi connectivity index (χ1n) is 11.0. The number of nitrogens with one attached hydrogen (secondary N) is 5. The largest absolute Gasteiger partial charge is 0.388 e. The third kappa shape index (κ3) is 7.78. The monoisotopic (exact) mass is 623 g/mol. The first kappa shape index (κ1) is 30.8. The quantitative estimate of drug-likeness (QED) is 0.111. The van der Waals surface area contributed by atoms with E-state index in [0.29, 0.717) is 5.69 Å². The Morgan fingerprint density at radius 1 is 0.923 bits per heavy atom. The highest BCUT2D eigenvalue weighted by Gasteiger charge is 2.20. The molecule has 0 spiro atoms. The average molecular weight is 625 g/mol. The van der Waals surface area contributed by atoms with Crippen LogP contribution in [0, 0.1) is 5.41 Å². The molecule has 0 bridgehead atoms. The number of rotatable bonds is 10. The lowest BCUT2D eigenvalue weighted by Crippen LogP contribution is -2.29. The van der Waals surface area contributed by atoms with Gasteiger partial charge in [-0.25, -0.2) is 0 Å². The number of halogens is 2. The van der Waals surface area contributed by atoms with Crippen molar-refractivity contribution in [2.45, 2.75) is 6.42 Å². The molecule has 0 aliphatic rings. The molecule has 0 fully saturated rings. The van der Waals surface area contributed by atoms with Crippen molar-refractivity contribution in [2.24, 2.45) is 26.9 Å². The molecule has 0 saturated carbocycles. The smallest absolute Gasteiger partial charge is 0.274 e. The van der Waals surface area contributed by atoms with E-state index < -0.39 is 23.6 Å². The minimum Gasteiger partial charge on any atom is -0.388 e. The van der Waals surface area contributed by atoms with Gasteiger partial charge in [0.1, 0.15) is 17.1 Å². The van der Waals surface area contributed by atoms with E-state index >= 15 is 0 Å². The SMILES string of the molecule is C=C(Br)C(=O)Nc1cc(C(=O)Nc2cc(C(=O)Nc3cc(C(=O)NCCC(=N)N)n(C)n3)n(C)c2)n(C)n1.Cl. The Balaban J connectivity index is 0.00000533. The maximum atomic E-state index is 12.9. The van der Waals surface area contributed by atoms with Crippen LogP contribution in [0.5, 0.6) is 0 Å². The summed E-state index contributed by atoms with van der Waals surface area (Å²) in [5.74, 6) is -1.69. The van der Waals surface area contributed by atoms with Crippen molar-refractivity contribution in [3.05, 3.63) is 52.5 Å². The summed E-state index contributed by atoms with van der Waals surface area (Å²) in [5, 5.41) is 25.9. The highest BCUT2D eigenvalue weighted by Crippen LogP contribution is 2.18. The maximum Gasteiger partial charge on any atom is 0.274 e. The van der Waals surface area contributed by atoms with Gasteiger partial charge in [0.25, 0.3) is 23.6 Å². The van der Waals surface area contributed by atoms with Gasteiger partial charge in [-0.1, -0.05) is 6.58 Å². The molecule has 17 heteroatoms. The summed E-state index contributed by atoms with van der Waals surface area (Å²) in [6.45, 7) is 3.67. The number of anilines is 3. The number of hydrogen-bond acceptors (Lipinski definition) is 7. The number of carbonyl (C=O) groups excluding carboxylic acids is 4. The normalized spacial score (nSPS) is 10.3. The van der Waals surface area contributed by atoms with E-state index in [0.717, 1.165) is 0 Å². The van der Waals surface area contributed by atoms with Crippen LogP contribution < -0.4 is 27.0 Å². The highest BCUT2D eigenvalue weighted by molar-refractivity contribution is 9.12. The van der Waals surface area contributed by atoms with Crippen LogP contribution in [0.4, 0.5) is 17.3 Å². The number of nitrogens with two attached hydrogens (primary N) is 1. The highest BCUT2D eigenvalue weighted by atomic mass is 79.9. The fraction of sp³-hybridized carbons (Fsp3) is 0.227. The third-order valence-electron chi connectivity index (χ3n) is 5.13. The summed E-state index contributed by atoms with van der Waals surface area (Å²) in [7, 11) is 4.72. The number of amidine groups is 1. The van der Waals surface area contributed by atoms with Crippen LogP contribution in [-0.4, -0.2) is 60.1 Å². The zero-order valence-electron chi connectivity index (χ0n) is 21.2. The Labute approximate surface area is 237 Å². The van der Waals surface area contributed by atoms with Crippen molar-refractivity contribution in [3.8, 4) is 0 Å². The van der Waals surface area contributed by atoms with E-state index in [2.05, 4.69) is 54.0 Å². The van der Waals surface area contributed by atoms with Gasteiger partial charge in [0, 0.05) is 52.4 Å². The summed E-state index contributed by atoms with van der Waals surface area (Å²) in [6.07, 6.45) is 1.76. The van der Waals surface area contributed by atoms with Crippen molar-refractivity contribution in [1.82, 2.24) is 29.4 Å². The molecule has 7 N–H and O–H groups in total. The minimum atomic E-state index is -0.518. The van der Waals surface area contributed by atoms with Gasteiger partial charge in [-0.3, -0.25) is 34.0 Å². The van der Waals surface area contributed by atoms with E-state index in [1.807, 2.05) is 0 Å². The Bertz CT molecular complexity index is 1460. The van der Waals surface area contributed by atoms with Gasteiger partial charge >= 0.3 is 0 Å². The topological polar surface area (TPSA) is 207 Å². The fourth-order valence-corrected chi connectivity index (χ4v) is 3.40. The molecule has 15 nitrogen and oxygen atoms in total. The van der Waals surface area contributed by atoms with Gasteiger partial charge in [-0.05, 0) is 22.0 Å².